The molecule has 0 heterocycles. The van der Waals surface area contributed by atoms with Crippen LogP contribution in [0.2, 0.25) is 0 Å². The van der Waals surface area contributed by atoms with Gasteiger partial charge in [0.25, 0.3) is 0 Å². The van der Waals surface area contributed by atoms with Gasteiger partial charge in [0, 0.05) is 5.57 Å². The van der Waals surface area contributed by atoms with Crippen molar-refractivity contribution in [3.63, 3.8) is 0 Å². The minimum absolute atomic E-state index is 0.180. The highest BCUT2D eigenvalue weighted by atomic mass is 32.2. The lowest BCUT2D eigenvalue weighted by Crippen LogP contribution is -2.58. The van der Waals surface area contributed by atoms with E-state index in [9.17, 15) is 26.8 Å². The van der Waals surface area contributed by atoms with Crippen molar-refractivity contribution in [2.75, 3.05) is 6.61 Å². The first-order chi connectivity index (χ1) is 12.3. The van der Waals surface area contributed by atoms with Crippen molar-refractivity contribution in [3.05, 3.63) is 12.2 Å². The number of alkyl halides is 2. The minimum Gasteiger partial charge on any atom is -0.458 e. The molecule has 1 N–H and O–H groups in total. The number of hydrogen-bond acceptors (Lipinski definition) is 6. The molecule has 0 aromatic carbocycles. The molecule has 2 unspecified atom stereocenters. The van der Waals surface area contributed by atoms with Crippen LogP contribution in [0.1, 0.15) is 39.0 Å². The van der Waals surface area contributed by atoms with E-state index in [1.807, 2.05) is 0 Å². The highest BCUT2D eigenvalue weighted by Gasteiger charge is 2.60. The van der Waals surface area contributed by atoms with Crippen molar-refractivity contribution < 1.29 is 40.8 Å². The summed E-state index contributed by atoms with van der Waals surface area (Å²) in [4.78, 5) is 24.4. The lowest BCUT2D eigenvalue weighted by atomic mass is 9.50. The van der Waals surface area contributed by atoms with Crippen LogP contribution in [0.5, 0.6) is 0 Å². The zero-order valence-electron chi connectivity index (χ0n) is 14.8. The van der Waals surface area contributed by atoms with E-state index in [0.717, 1.165) is 0 Å². The van der Waals surface area contributed by atoms with Crippen LogP contribution in [0, 0.1) is 23.7 Å². The second kappa shape index (κ2) is 6.51. The molecule has 0 spiro atoms. The fourth-order valence-corrected chi connectivity index (χ4v) is 5.28. The van der Waals surface area contributed by atoms with Gasteiger partial charge in [-0.05, 0) is 56.8 Å². The summed E-state index contributed by atoms with van der Waals surface area (Å²) in [6, 6.07) is 0. The van der Waals surface area contributed by atoms with E-state index in [0.29, 0.717) is 32.1 Å². The molecule has 0 aliphatic heterocycles. The molecule has 10 heteroatoms. The van der Waals surface area contributed by atoms with E-state index in [1.165, 1.54) is 0 Å². The summed E-state index contributed by atoms with van der Waals surface area (Å²) in [7, 11) is -5.66. The monoisotopic (exact) mass is 408 g/mol. The Kier molecular flexibility index (Phi) is 4.87. The molecule has 0 amide bonds. The van der Waals surface area contributed by atoms with Gasteiger partial charge in [-0.15, -0.1) is 0 Å². The zero-order valence-corrected chi connectivity index (χ0v) is 15.6. The van der Waals surface area contributed by atoms with Crippen molar-refractivity contribution in [1.82, 2.24) is 0 Å². The molecule has 0 radical (unpaired) electrons. The number of ether oxygens (including phenoxy) is 2. The third-order valence-corrected chi connectivity index (χ3v) is 6.78. The van der Waals surface area contributed by atoms with Crippen LogP contribution in [0.25, 0.3) is 0 Å². The summed E-state index contributed by atoms with van der Waals surface area (Å²) in [5.74, 6) is -2.10. The molecule has 4 saturated carbocycles. The molecule has 0 saturated heterocycles. The van der Waals surface area contributed by atoms with E-state index in [-0.39, 0.29) is 23.3 Å². The molecular weight excluding hydrogens is 386 g/mol. The Bertz CT molecular complexity index is 760. The molecule has 7 nitrogen and oxygen atoms in total. The third-order valence-electron chi connectivity index (χ3n) is 5.91. The smallest absolute Gasteiger partial charge is 0.402 e. The van der Waals surface area contributed by atoms with Gasteiger partial charge in [0.05, 0.1) is 5.92 Å². The molecule has 2 atom stereocenters. The van der Waals surface area contributed by atoms with Crippen LogP contribution in [0.3, 0.4) is 0 Å². The summed E-state index contributed by atoms with van der Waals surface area (Å²) in [6.45, 7) is 3.41. The van der Waals surface area contributed by atoms with E-state index in [1.54, 1.807) is 6.92 Å². The Labute approximate surface area is 155 Å². The van der Waals surface area contributed by atoms with Gasteiger partial charge in [-0.2, -0.15) is 17.2 Å². The number of hydrogen-bond donors (Lipinski definition) is 1. The summed E-state index contributed by atoms with van der Waals surface area (Å²) in [5, 5.41) is -4.55. The molecule has 4 rings (SSSR count). The van der Waals surface area contributed by atoms with Gasteiger partial charge >= 0.3 is 27.3 Å². The predicted molar refractivity (Wildman–Crippen MR) is 88.1 cm³/mol. The summed E-state index contributed by atoms with van der Waals surface area (Å²) in [5.41, 5.74) is -0.379. The van der Waals surface area contributed by atoms with Crippen molar-refractivity contribution in [2.24, 2.45) is 23.7 Å². The number of esters is 2. The molecule has 0 aromatic rings. The van der Waals surface area contributed by atoms with Crippen molar-refractivity contribution in [3.8, 4) is 0 Å². The van der Waals surface area contributed by atoms with Gasteiger partial charge in [0.15, 0.2) is 6.61 Å². The predicted octanol–water partition coefficient (Wildman–Crippen LogP) is 2.32. The van der Waals surface area contributed by atoms with Crippen molar-refractivity contribution in [1.29, 1.82) is 0 Å². The highest BCUT2D eigenvalue weighted by Crippen LogP contribution is 2.60. The second-order valence-electron chi connectivity index (χ2n) is 8.07. The Morgan fingerprint density at radius 2 is 1.78 bits per heavy atom. The van der Waals surface area contributed by atoms with Gasteiger partial charge < -0.3 is 9.47 Å². The lowest BCUT2D eigenvalue weighted by molar-refractivity contribution is -0.201. The maximum Gasteiger partial charge on any atom is 0.402 e. The molecular formula is C17H22F2O7S. The van der Waals surface area contributed by atoms with Crippen molar-refractivity contribution in [2.45, 2.75) is 49.9 Å². The Morgan fingerprint density at radius 1 is 1.22 bits per heavy atom. The van der Waals surface area contributed by atoms with Crippen LogP contribution in [0.4, 0.5) is 8.78 Å². The largest absolute Gasteiger partial charge is 0.458 e. The van der Waals surface area contributed by atoms with Crippen LogP contribution >= 0.6 is 0 Å². The van der Waals surface area contributed by atoms with Gasteiger partial charge in [-0.3, -0.25) is 9.35 Å². The molecule has 4 aliphatic carbocycles. The Morgan fingerprint density at radius 3 is 2.26 bits per heavy atom. The number of halogens is 2. The maximum absolute atomic E-state index is 13.3. The van der Waals surface area contributed by atoms with Gasteiger partial charge in [-0.25, -0.2) is 4.79 Å². The molecule has 4 aliphatic rings. The third kappa shape index (κ3) is 3.73. The average Bonchev–Trinajstić information content (AvgIpc) is 2.50. The second-order valence-corrected chi connectivity index (χ2v) is 9.62. The van der Waals surface area contributed by atoms with Gasteiger partial charge in [0.1, 0.15) is 5.60 Å². The van der Waals surface area contributed by atoms with E-state index in [4.69, 9.17) is 9.29 Å². The van der Waals surface area contributed by atoms with Gasteiger partial charge in [0.2, 0.25) is 0 Å². The molecule has 27 heavy (non-hydrogen) atoms. The van der Waals surface area contributed by atoms with Crippen LogP contribution in [-0.2, 0) is 29.2 Å². The lowest BCUT2D eigenvalue weighted by Gasteiger charge is -2.58. The molecule has 4 fully saturated rings. The number of carbonyl (C=O) groups excluding carboxylic acids is 2. The van der Waals surface area contributed by atoms with Crippen LogP contribution in [0.15, 0.2) is 12.2 Å². The first-order valence-electron chi connectivity index (χ1n) is 8.74. The summed E-state index contributed by atoms with van der Waals surface area (Å²) < 4.78 is 66.7. The van der Waals surface area contributed by atoms with E-state index < -0.39 is 45.4 Å². The molecule has 0 aromatic heterocycles. The SMILES string of the molecule is C=C(C)C(=O)OC12CC3CC(C1)C(C(=O)OCC(F)(F)S(=O)(=O)O)C(C3)C2. The topological polar surface area (TPSA) is 107 Å². The molecule has 152 valence electrons. The average molecular weight is 408 g/mol. The Hall–Kier alpha value is -1.55. The normalized spacial score (nSPS) is 35.0. The van der Waals surface area contributed by atoms with Crippen LogP contribution in [-0.4, -0.2) is 42.4 Å². The zero-order chi connectivity index (χ0) is 20.2. The molecule has 4 bridgehead atoms. The summed E-state index contributed by atoms with van der Waals surface area (Å²) >= 11 is 0. The maximum atomic E-state index is 13.3. The Balaban J connectivity index is 1.69. The van der Waals surface area contributed by atoms with E-state index in [2.05, 4.69) is 11.3 Å². The standard InChI is InChI=1S/C17H22F2O7S/c1-9(2)14(20)26-16-5-10-3-11(6-16)13(12(4-10)7-16)15(21)25-8-17(18,19)27(22,23)24/h10-13H,1,3-8H2,2H3,(H,22,23,24). The highest BCUT2D eigenvalue weighted by molar-refractivity contribution is 7.86. The van der Waals surface area contributed by atoms with Crippen LogP contribution < -0.4 is 0 Å². The quantitative estimate of drug-likeness (QED) is 0.408. The summed E-state index contributed by atoms with van der Waals surface area (Å²) in [6.07, 6.45) is 3.00. The van der Waals surface area contributed by atoms with Gasteiger partial charge in [-0.1, -0.05) is 6.58 Å². The number of carbonyl (C=O) groups is 2. The first-order valence-corrected chi connectivity index (χ1v) is 10.2. The minimum atomic E-state index is -5.66. The van der Waals surface area contributed by atoms with Crippen molar-refractivity contribution >= 4 is 22.1 Å². The first kappa shape index (κ1) is 20.2. The fraction of sp³-hybridized carbons (Fsp3) is 0.765. The number of rotatable bonds is 6. The van der Waals surface area contributed by atoms with E-state index >= 15 is 0 Å². The fourth-order valence-electron chi connectivity index (χ4n) is 5.07.